The third-order valence-electron chi connectivity index (χ3n) is 4.14. The van der Waals surface area contributed by atoms with Crippen LogP contribution < -0.4 is 5.32 Å². The molecule has 0 bridgehead atoms. The van der Waals surface area contributed by atoms with Gasteiger partial charge in [-0.2, -0.15) is 13.2 Å². The molecule has 1 fully saturated rings. The minimum atomic E-state index is -4.32. The molecule has 1 saturated heterocycles. The monoisotopic (exact) mass is 344 g/mol. The van der Waals surface area contributed by atoms with Crippen LogP contribution in [0, 0.1) is 11.8 Å². The lowest BCUT2D eigenvalue weighted by Gasteiger charge is -2.30. The molecule has 0 saturated carbocycles. The van der Waals surface area contributed by atoms with E-state index in [0.717, 1.165) is 37.3 Å². The quantitative estimate of drug-likeness (QED) is 0.765. The Morgan fingerprint density at radius 2 is 2.09 bits per heavy atom. The van der Waals surface area contributed by atoms with Gasteiger partial charge >= 0.3 is 6.18 Å². The summed E-state index contributed by atoms with van der Waals surface area (Å²) in [5, 5.41) is 3.29. The maximum atomic E-state index is 12.6. The highest BCUT2D eigenvalue weighted by Gasteiger charge is 2.33. The Morgan fingerprint density at radius 1 is 1.41 bits per heavy atom. The van der Waals surface area contributed by atoms with Crippen LogP contribution in [0.5, 0.6) is 0 Å². The zero-order valence-electron chi connectivity index (χ0n) is 13.4. The first kappa shape index (κ1) is 21.5. The second-order valence-electron chi connectivity index (χ2n) is 6.07. The Bertz CT molecular complexity index is 320. The SMILES string of the molecule is CCCCN(CC(F)(F)F)C(=O)CC(C)C1CCCNC1.Cl. The fourth-order valence-corrected chi connectivity index (χ4v) is 2.79. The van der Waals surface area contributed by atoms with Crippen molar-refractivity contribution in [2.24, 2.45) is 11.8 Å². The molecule has 1 aliphatic heterocycles. The first-order valence-electron chi connectivity index (χ1n) is 7.88. The number of nitrogens with zero attached hydrogens (tertiary/aromatic N) is 1. The average molecular weight is 345 g/mol. The fourth-order valence-electron chi connectivity index (χ4n) is 2.79. The number of piperidine rings is 1. The summed E-state index contributed by atoms with van der Waals surface area (Å²) in [6.07, 6.45) is -0.586. The van der Waals surface area contributed by atoms with Crippen LogP contribution in [0.3, 0.4) is 0 Å². The van der Waals surface area contributed by atoms with E-state index in [1.165, 1.54) is 0 Å². The number of nitrogens with one attached hydrogen (secondary N) is 1. The number of amides is 1. The van der Waals surface area contributed by atoms with Crippen LogP contribution in [0.1, 0.15) is 46.0 Å². The number of rotatable bonds is 7. The first-order chi connectivity index (χ1) is 9.83. The van der Waals surface area contributed by atoms with Gasteiger partial charge in [-0.05, 0) is 44.2 Å². The van der Waals surface area contributed by atoms with E-state index in [1.807, 2.05) is 13.8 Å². The van der Waals surface area contributed by atoms with E-state index >= 15 is 0 Å². The van der Waals surface area contributed by atoms with Crippen molar-refractivity contribution in [1.29, 1.82) is 0 Å². The van der Waals surface area contributed by atoms with Crippen LogP contribution in [0.15, 0.2) is 0 Å². The van der Waals surface area contributed by atoms with E-state index < -0.39 is 12.7 Å². The fraction of sp³-hybridized carbons (Fsp3) is 0.933. The molecule has 0 radical (unpaired) electrons. The minimum absolute atomic E-state index is 0. The molecule has 1 heterocycles. The molecule has 1 rings (SSSR count). The van der Waals surface area contributed by atoms with Gasteiger partial charge in [0.25, 0.3) is 0 Å². The Kier molecular flexibility index (Phi) is 10.1. The highest BCUT2D eigenvalue weighted by molar-refractivity contribution is 5.85. The minimum Gasteiger partial charge on any atom is -0.334 e. The number of halogens is 4. The van der Waals surface area contributed by atoms with Crippen molar-refractivity contribution in [2.75, 3.05) is 26.2 Å². The highest BCUT2D eigenvalue weighted by atomic mass is 35.5. The number of hydrogen-bond donors (Lipinski definition) is 1. The number of hydrogen-bond acceptors (Lipinski definition) is 2. The molecule has 3 nitrogen and oxygen atoms in total. The van der Waals surface area contributed by atoms with Crippen molar-refractivity contribution >= 4 is 18.3 Å². The van der Waals surface area contributed by atoms with Gasteiger partial charge in [-0.25, -0.2) is 0 Å². The second kappa shape index (κ2) is 10.3. The van der Waals surface area contributed by atoms with Crippen molar-refractivity contribution in [2.45, 2.75) is 52.1 Å². The summed E-state index contributed by atoms with van der Waals surface area (Å²) in [5.74, 6) is 0.156. The smallest absolute Gasteiger partial charge is 0.334 e. The zero-order chi connectivity index (χ0) is 15.9. The Morgan fingerprint density at radius 3 is 2.59 bits per heavy atom. The van der Waals surface area contributed by atoms with Crippen molar-refractivity contribution in [3.05, 3.63) is 0 Å². The number of alkyl halides is 3. The van der Waals surface area contributed by atoms with Gasteiger partial charge in [0, 0.05) is 13.0 Å². The summed E-state index contributed by atoms with van der Waals surface area (Å²) in [4.78, 5) is 13.2. The molecule has 0 aliphatic carbocycles. The summed E-state index contributed by atoms with van der Waals surface area (Å²) >= 11 is 0. The second-order valence-corrected chi connectivity index (χ2v) is 6.07. The first-order valence-corrected chi connectivity index (χ1v) is 7.88. The largest absolute Gasteiger partial charge is 0.406 e. The van der Waals surface area contributed by atoms with E-state index in [1.54, 1.807) is 0 Å². The molecule has 2 atom stereocenters. The summed E-state index contributed by atoms with van der Waals surface area (Å²) in [5.41, 5.74) is 0. The lowest BCUT2D eigenvalue weighted by molar-refractivity contribution is -0.162. The van der Waals surface area contributed by atoms with Gasteiger partial charge in [-0.1, -0.05) is 20.3 Å². The average Bonchev–Trinajstić information content (AvgIpc) is 2.43. The van der Waals surface area contributed by atoms with E-state index in [0.29, 0.717) is 12.3 Å². The maximum absolute atomic E-state index is 12.6. The lowest BCUT2D eigenvalue weighted by Crippen LogP contribution is -2.41. The standard InChI is InChI=1S/C15H27F3N2O.ClH/c1-3-4-8-20(11-15(16,17)18)14(21)9-12(2)13-6-5-7-19-10-13;/h12-13,19H,3-11H2,1-2H3;1H. The molecule has 7 heteroatoms. The normalized spacial score (nSPS) is 20.1. The molecule has 2 unspecified atom stereocenters. The lowest BCUT2D eigenvalue weighted by atomic mass is 9.85. The van der Waals surface area contributed by atoms with Crippen LogP contribution in [0.25, 0.3) is 0 Å². The molecular weight excluding hydrogens is 317 g/mol. The van der Waals surface area contributed by atoms with Gasteiger partial charge in [-0.3, -0.25) is 4.79 Å². The molecule has 0 aromatic rings. The molecular formula is C15H28ClF3N2O. The van der Waals surface area contributed by atoms with Crippen molar-refractivity contribution < 1.29 is 18.0 Å². The van der Waals surface area contributed by atoms with Gasteiger partial charge in [0.15, 0.2) is 0 Å². The topological polar surface area (TPSA) is 32.3 Å². The Labute approximate surface area is 137 Å². The van der Waals surface area contributed by atoms with E-state index in [2.05, 4.69) is 5.32 Å². The van der Waals surface area contributed by atoms with Crippen LogP contribution in [-0.4, -0.2) is 43.2 Å². The van der Waals surface area contributed by atoms with Gasteiger partial charge in [0.2, 0.25) is 5.91 Å². The maximum Gasteiger partial charge on any atom is 0.406 e. The van der Waals surface area contributed by atoms with Crippen molar-refractivity contribution in [3.63, 3.8) is 0 Å². The summed E-state index contributed by atoms with van der Waals surface area (Å²) in [6, 6.07) is 0. The summed E-state index contributed by atoms with van der Waals surface area (Å²) in [6.45, 7) is 4.82. The third kappa shape index (κ3) is 8.22. The molecule has 1 amide bonds. The number of carbonyl (C=O) groups excluding carboxylic acids is 1. The van der Waals surface area contributed by atoms with Gasteiger partial charge < -0.3 is 10.2 Å². The summed E-state index contributed by atoms with van der Waals surface area (Å²) < 4.78 is 37.7. The van der Waals surface area contributed by atoms with Crippen molar-refractivity contribution in [3.8, 4) is 0 Å². The van der Waals surface area contributed by atoms with E-state index in [9.17, 15) is 18.0 Å². The molecule has 0 aromatic heterocycles. The highest BCUT2D eigenvalue weighted by Crippen LogP contribution is 2.24. The molecule has 22 heavy (non-hydrogen) atoms. The van der Waals surface area contributed by atoms with Crippen molar-refractivity contribution in [1.82, 2.24) is 10.2 Å². The van der Waals surface area contributed by atoms with Crippen LogP contribution in [0.4, 0.5) is 13.2 Å². The Balaban J connectivity index is 0.00000441. The van der Waals surface area contributed by atoms with E-state index in [4.69, 9.17) is 0 Å². The number of unbranched alkanes of at least 4 members (excludes halogenated alkanes) is 1. The number of carbonyl (C=O) groups is 1. The van der Waals surface area contributed by atoms with Crippen LogP contribution >= 0.6 is 12.4 Å². The van der Waals surface area contributed by atoms with Gasteiger partial charge in [0.05, 0.1) is 0 Å². The Hall–Kier alpha value is -0.490. The molecule has 1 aliphatic rings. The summed E-state index contributed by atoms with van der Waals surface area (Å²) in [7, 11) is 0. The van der Waals surface area contributed by atoms with Crippen LogP contribution in [-0.2, 0) is 4.79 Å². The third-order valence-corrected chi connectivity index (χ3v) is 4.14. The van der Waals surface area contributed by atoms with Crippen LogP contribution in [0.2, 0.25) is 0 Å². The molecule has 132 valence electrons. The van der Waals surface area contributed by atoms with E-state index in [-0.39, 0.29) is 37.2 Å². The molecule has 1 N–H and O–H groups in total. The predicted octanol–water partition coefficient (Wildman–Crippen LogP) is 3.63. The van der Waals surface area contributed by atoms with Gasteiger partial charge in [-0.15, -0.1) is 12.4 Å². The molecule has 0 spiro atoms. The molecule has 0 aromatic carbocycles. The predicted molar refractivity (Wildman–Crippen MR) is 84.2 cm³/mol. The van der Waals surface area contributed by atoms with Gasteiger partial charge in [0.1, 0.15) is 6.54 Å². The zero-order valence-corrected chi connectivity index (χ0v) is 14.2.